The van der Waals surface area contributed by atoms with E-state index in [1.807, 2.05) is 12.1 Å². The van der Waals surface area contributed by atoms with Crippen LogP contribution >= 0.6 is 0 Å². The number of nitrogens with one attached hydrogen (secondary N) is 1. The van der Waals surface area contributed by atoms with Crippen molar-refractivity contribution in [2.45, 2.75) is 13.0 Å². The quantitative estimate of drug-likeness (QED) is 0.757. The molecule has 1 amide bonds. The third-order valence-electron chi connectivity index (χ3n) is 2.76. The molecule has 0 unspecified atom stereocenters. The summed E-state index contributed by atoms with van der Waals surface area (Å²) in [4.78, 5) is 10.9. The molecule has 1 aromatic heterocycles. The molecule has 0 bridgehead atoms. The van der Waals surface area contributed by atoms with Gasteiger partial charge >= 0.3 is 0 Å². The number of nitrogens with two attached hydrogens (primary N) is 1. The third kappa shape index (κ3) is 2.85. The molecule has 0 aliphatic carbocycles. The number of benzene rings is 1. The van der Waals surface area contributed by atoms with Gasteiger partial charge in [0.15, 0.2) is 0 Å². The van der Waals surface area contributed by atoms with Gasteiger partial charge in [-0.1, -0.05) is 18.2 Å². The second-order valence-corrected chi connectivity index (χ2v) is 3.98. The molecule has 0 saturated carbocycles. The summed E-state index contributed by atoms with van der Waals surface area (Å²) in [6, 6.07) is 10.4. The van der Waals surface area contributed by atoms with Crippen molar-refractivity contribution in [2.75, 3.05) is 13.1 Å². The SMILES string of the molecule is NCC(=O)NCCCn1ccc2ccccc21. The minimum absolute atomic E-state index is 0.0620. The van der Waals surface area contributed by atoms with Crippen molar-refractivity contribution in [2.24, 2.45) is 5.73 Å². The van der Waals surface area contributed by atoms with Crippen LogP contribution in [0.4, 0.5) is 0 Å². The third-order valence-corrected chi connectivity index (χ3v) is 2.76. The standard InChI is InChI=1S/C13H17N3O/c14-10-13(17)15-7-3-8-16-9-6-11-4-1-2-5-12(11)16/h1-2,4-6,9H,3,7-8,10,14H2,(H,15,17). The Balaban J connectivity index is 1.89. The topological polar surface area (TPSA) is 60.1 Å². The molecule has 0 fully saturated rings. The zero-order valence-corrected chi connectivity index (χ0v) is 9.73. The Morgan fingerprint density at radius 3 is 2.94 bits per heavy atom. The van der Waals surface area contributed by atoms with Crippen molar-refractivity contribution in [3.8, 4) is 0 Å². The highest BCUT2D eigenvalue weighted by Gasteiger charge is 2.00. The fraction of sp³-hybridized carbons (Fsp3) is 0.308. The molecule has 0 saturated heterocycles. The molecule has 0 spiro atoms. The van der Waals surface area contributed by atoms with Crippen molar-refractivity contribution < 1.29 is 4.79 Å². The number of carbonyl (C=O) groups excluding carboxylic acids is 1. The number of carbonyl (C=O) groups is 1. The number of aromatic nitrogens is 1. The fourth-order valence-electron chi connectivity index (χ4n) is 1.88. The molecule has 0 aliphatic heterocycles. The number of hydrogen-bond donors (Lipinski definition) is 2. The van der Waals surface area contributed by atoms with E-state index in [1.165, 1.54) is 10.9 Å². The molecule has 0 radical (unpaired) electrons. The zero-order valence-electron chi connectivity index (χ0n) is 9.73. The van der Waals surface area contributed by atoms with Crippen LogP contribution in [-0.2, 0) is 11.3 Å². The highest BCUT2D eigenvalue weighted by molar-refractivity contribution is 5.80. The lowest BCUT2D eigenvalue weighted by Crippen LogP contribution is -2.31. The summed E-state index contributed by atoms with van der Waals surface area (Å²) < 4.78 is 2.20. The minimum Gasteiger partial charge on any atom is -0.355 e. The Hall–Kier alpha value is -1.81. The van der Waals surface area contributed by atoms with E-state index in [9.17, 15) is 4.79 Å². The van der Waals surface area contributed by atoms with Gasteiger partial charge in [-0.2, -0.15) is 0 Å². The molecule has 4 nitrogen and oxygen atoms in total. The monoisotopic (exact) mass is 231 g/mol. The van der Waals surface area contributed by atoms with Gasteiger partial charge in [0.25, 0.3) is 0 Å². The van der Waals surface area contributed by atoms with E-state index in [4.69, 9.17) is 5.73 Å². The molecule has 3 N–H and O–H groups in total. The molecule has 4 heteroatoms. The van der Waals surface area contributed by atoms with E-state index in [1.54, 1.807) is 0 Å². The first-order chi connectivity index (χ1) is 8.31. The van der Waals surface area contributed by atoms with Crippen LogP contribution in [0.15, 0.2) is 36.5 Å². The lowest BCUT2D eigenvalue weighted by molar-refractivity contribution is -0.119. The van der Waals surface area contributed by atoms with Gasteiger partial charge in [0.1, 0.15) is 0 Å². The Bertz CT molecular complexity index is 504. The van der Waals surface area contributed by atoms with Gasteiger partial charge in [0.05, 0.1) is 6.54 Å². The highest BCUT2D eigenvalue weighted by Crippen LogP contribution is 2.14. The first kappa shape index (κ1) is 11.7. The Morgan fingerprint density at radius 1 is 1.29 bits per heavy atom. The summed E-state index contributed by atoms with van der Waals surface area (Å²) in [5.41, 5.74) is 6.44. The molecule has 90 valence electrons. The predicted molar refractivity (Wildman–Crippen MR) is 68.6 cm³/mol. The number of fused-ring (bicyclic) bond motifs is 1. The molecule has 0 atom stereocenters. The van der Waals surface area contributed by atoms with Crippen molar-refractivity contribution in [3.63, 3.8) is 0 Å². The molecular weight excluding hydrogens is 214 g/mol. The number of nitrogens with zero attached hydrogens (tertiary/aromatic N) is 1. The fourth-order valence-corrected chi connectivity index (χ4v) is 1.88. The van der Waals surface area contributed by atoms with E-state index >= 15 is 0 Å². The average molecular weight is 231 g/mol. The molecule has 0 aliphatic rings. The summed E-state index contributed by atoms with van der Waals surface area (Å²) in [6.45, 7) is 1.63. The predicted octanol–water partition coefficient (Wildman–Crippen LogP) is 1.11. The maximum Gasteiger partial charge on any atom is 0.233 e. The molecule has 2 rings (SSSR count). The van der Waals surface area contributed by atoms with Crippen molar-refractivity contribution in [3.05, 3.63) is 36.5 Å². The second kappa shape index (κ2) is 5.50. The molecular formula is C13H17N3O. The van der Waals surface area contributed by atoms with Crippen LogP contribution in [0.2, 0.25) is 0 Å². The van der Waals surface area contributed by atoms with Gasteiger partial charge in [-0.25, -0.2) is 0 Å². The second-order valence-electron chi connectivity index (χ2n) is 3.98. The highest BCUT2D eigenvalue weighted by atomic mass is 16.1. The lowest BCUT2D eigenvalue weighted by Gasteiger charge is -2.06. The van der Waals surface area contributed by atoms with Gasteiger partial charge in [-0.15, -0.1) is 0 Å². The zero-order chi connectivity index (χ0) is 12.1. The van der Waals surface area contributed by atoms with Gasteiger partial charge in [-0.3, -0.25) is 4.79 Å². The smallest absolute Gasteiger partial charge is 0.233 e. The number of amides is 1. The van der Waals surface area contributed by atoms with Crippen LogP contribution in [0.5, 0.6) is 0 Å². The molecule has 1 heterocycles. The van der Waals surface area contributed by atoms with E-state index in [2.05, 4.69) is 34.3 Å². The summed E-state index contributed by atoms with van der Waals surface area (Å²) in [5.74, 6) is -0.0950. The largest absolute Gasteiger partial charge is 0.355 e. The first-order valence-corrected chi connectivity index (χ1v) is 5.82. The van der Waals surface area contributed by atoms with Gasteiger partial charge in [0, 0.05) is 24.8 Å². The lowest BCUT2D eigenvalue weighted by atomic mass is 10.2. The van der Waals surface area contributed by atoms with Gasteiger partial charge in [-0.05, 0) is 23.9 Å². The Morgan fingerprint density at radius 2 is 2.12 bits per heavy atom. The van der Waals surface area contributed by atoms with Gasteiger partial charge < -0.3 is 15.6 Å². The molecule has 1 aromatic carbocycles. The minimum atomic E-state index is -0.0950. The van der Waals surface area contributed by atoms with E-state index in [-0.39, 0.29) is 12.5 Å². The summed E-state index contributed by atoms with van der Waals surface area (Å²) in [6.07, 6.45) is 2.99. The van der Waals surface area contributed by atoms with Crippen LogP contribution in [0.3, 0.4) is 0 Å². The van der Waals surface area contributed by atoms with Crippen LogP contribution in [0.25, 0.3) is 10.9 Å². The van der Waals surface area contributed by atoms with Crippen LogP contribution in [0.1, 0.15) is 6.42 Å². The van der Waals surface area contributed by atoms with Gasteiger partial charge in [0.2, 0.25) is 5.91 Å². The normalized spacial score (nSPS) is 10.6. The van der Waals surface area contributed by atoms with Crippen molar-refractivity contribution >= 4 is 16.8 Å². The molecule has 2 aromatic rings. The summed E-state index contributed by atoms with van der Waals surface area (Å²) in [5, 5.41) is 4.01. The molecule has 17 heavy (non-hydrogen) atoms. The van der Waals surface area contributed by atoms with Crippen molar-refractivity contribution in [1.82, 2.24) is 9.88 Å². The van der Waals surface area contributed by atoms with Crippen LogP contribution in [0, 0.1) is 0 Å². The van der Waals surface area contributed by atoms with E-state index < -0.39 is 0 Å². The maximum atomic E-state index is 10.9. The van der Waals surface area contributed by atoms with E-state index in [0.29, 0.717) is 6.54 Å². The average Bonchev–Trinajstić information content (AvgIpc) is 2.78. The summed E-state index contributed by atoms with van der Waals surface area (Å²) in [7, 11) is 0. The van der Waals surface area contributed by atoms with Crippen LogP contribution in [-0.4, -0.2) is 23.6 Å². The Kier molecular flexibility index (Phi) is 3.77. The number of aryl methyl sites for hydroxylation is 1. The summed E-state index contributed by atoms with van der Waals surface area (Å²) >= 11 is 0. The maximum absolute atomic E-state index is 10.9. The number of hydrogen-bond acceptors (Lipinski definition) is 2. The number of rotatable bonds is 5. The Labute approximate surface area is 100 Å². The number of para-hydroxylation sites is 1. The van der Waals surface area contributed by atoms with Crippen LogP contribution < -0.4 is 11.1 Å². The first-order valence-electron chi connectivity index (χ1n) is 5.82. The van der Waals surface area contributed by atoms with E-state index in [0.717, 1.165) is 13.0 Å². The van der Waals surface area contributed by atoms with Crippen molar-refractivity contribution in [1.29, 1.82) is 0 Å².